The second-order valence-corrected chi connectivity index (χ2v) is 11.4. The number of carbonyl (C=O) groups excluding carboxylic acids is 1. The van der Waals surface area contributed by atoms with Crippen molar-refractivity contribution in [3.05, 3.63) is 69.5 Å². The molecule has 0 saturated carbocycles. The lowest BCUT2D eigenvalue weighted by Crippen LogP contribution is -2.31. The first-order valence-corrected chi connectivity index (χ1v) is 13.6. The van der Waals surface area contributed by atoms with Gasteiger partial charge in [-0.2, -0.15) is 4.31 Å². The lowest BCUT2D eigenvalue weighted by atomic mass is 10.0. The van der Waals surface area contributed by atoms with Crippen LogP contribution < -0.4 is 10.9 Å². The van der Waals surface area contributed by atoms with Crippen molar-refractivity contribution in [1.82, 2.24) is 8.87 Å². The Morgan fingerprint density at radius 1 is 0.914 bits per heavy atom. The number of fused-ring (bicyclic) bond motifs is 1. The molecule has 0 atom stereocenters. The summed E-state index contributed by atoms with van der Waals surface area (Å²) in [5.74, 6) is -0.237. The van der Waals surface area contributed by atoms with Gasteiger partial charge in [-0.15, -0.1) is 0 Å². The Morgan fingerprint density at radius 2 is 1.57 bits per heavy atom. The smallest absolute Gasteiger partial charge is 0.251 e. The second kappa shape index (κ2) is 10.3. The summed E-state index contributed by atoms with van der Waals surface area (Å²) < 4.78 is 29.1. The molecule has 1 aromatic heterocycles. The number of hydrogen-bond acceptors (Lipinski definition) is 4. The zero-order valence-corrected chi connectivity index (χ0v) is 21.5. The molecular weight excluding hydrogens is 462 g/mol. The van der Waals surface area contributed by atoms with Gasteiger partial charge in [0.15, 0.2) is 0 Å². The maximum atomic E-state index is 13.0. The highest BCUT2D eigenvalue weighted by Crippen LogP contribution is 2.24. The van der Waals surface area contributed by atoms with Gasteiger partial charge in [0, 0.05) is 43.2 Å². The molecule has 8 heteroatoms. The second-order valence-electron chi connectivity index (χ2n) is 9.44. The summed E-state index contributed by atoms with van der Waals surface area (Å²) in [6.07, 6.45) is 4.00. The van der Waals surface area contributed by atoms with Crippen LogP contribution in [0.2, 0.25) is 0 Å². The van der Waals surface area contributed by atoms with E-state index >= 15 is 0 Å². The minimum Gasteiger partial charge on any atom is -0.326 e. The van der Waals surface area contributed by atoms with Crippen molar-refractivity contribution in [2.75, 3.05) is 18.4 Å². The number of rotatable bonds is 6. The molecule has 1 saturated heterocycles. The first-order valence-electron chi connectivity index (χ1n) is 12.2. The average molecular weight is 496 g/mol. The Bertz CT molecular complexity index is 1400. The largest absolute Gasteiger partial charge is 0.326 e. The first-order chi connectivity index (χ1) is 16.7. The summed E-state index contributed by atoms with van der Waals surface area (Å²) in [7, 11) is -3.53. The zero-order chi connectivity index (χ0) is 25.2. The highest BCUT2D eigenvalue weighted by molar-refractivity contribution is 7.89. The van der Waals surface area contributed by atoms with Crippen molar-refractivity contribution >= 4 is 32.5 Å². The topological polar surface area (TPSA) is 88.5 Å². The van der Waals surface area contributed by atoms with Crippen LogP contribution in [-0.2, 0) is 21.4 Å². The highest BCUT2D eigenvalue weighted by atomic mass is 32.2. The van der Waals surface area contributed by atoms with Gasteiger partial charge < -0.3 is 9.88 Å². The molecule has 1 aliphatic rings. The molecule has 7 nitrogen and oxygen atoms in total. The fraction of sp³-hybridized carbons (Fsp3) is 0.407. The van der Waals surface area contributed by atoms with E-state index in [4.69, 9.17) is 0 Å². The van der Waals surface area contributed by atoms with E-state index < -0.39 is 10.0 Å². The van der Waals surface area contributed by atoms with E-state index in [1.807, 2.05) is 26.8 Å². The number of nitrogens with zero attached hydrogens (tertiary/aromatic N) is 2. The summed E-state index contributed by atoms with van der Waals surface area (Å²) in [5, 5.41) is 3.84. The fourth-order valence-corrected chi connectivity index (χ4v) is 6.39. The van der Waals surface area contributed by atoms with Gasteiger partial charge >= 0.3 is 0 Å². The van der Waals surface area contributed by atoms with Crippen molar-refractivity contribution in [3.8, 4) is 0 Å². The Morgan fingerprint density at radius 3 is 2.23 bits per heavy atom. The van der Waals surface area contributed by atoms with E-state index in [1.165, 1.54) is 0 Å². The Labute approximate surface area is 206 Å². The molecule has 0 aliphatic carbocycles. The van der Waals surface area contributed by atoms with Crippen molar-refractivity contribution in [1.29, 1.82) is 0 Å². The fourth-order valence-electron chi connectivity index (χ4n) is 4.87. The Balaban J connectivity index is 1.45. The van der Waals surface area contributed by atoms with Crippen LogP contribution in [0, 0.1) is 20.8 Å². The van der Waals surface area contributed by atoms with Crippen molar-refractivity contribution in [2.45, 2.75) is 64.3 Å². The van der Waals surface area contributed by atoms with Gasteiger partial charge in [-0.05, 0) is 75.1 Å². The van der Waals surface area contributed by atoms with Gasteiger partial charge in [0.25, 0.3) is 5.56 Å². The number of benzene rings is 2. The van der Waals surface area contributed by atoms with Gasteiger partial charge in [-0.25, -0.2) is 8.42 Å². The average Bonchev–Trinajstić information content (AvgIpc) is 3.10. The third-order valence-corrected chi connectivity index (χ3v) is 8.56. The predicted molar refractivity (Wildman–Crippen MR) is 139 cm³/mol. The first kappa shape index (κ1) is 25.1. The van der Waals surface area contributed by atoms with Crippen LogP contribution in [0.5, 0.6) is 0 Å². The number of aromatic nitrogens is 1. The summed E-state index contributed by atoms with van der Waals surface area (Å²) in [5.41, 5.74) is 4.31. The monoisotopic (exact) mass is 495 g/mol. The van der Waals surface area contributed by atoms with Crippen molar-refractivity contribution < 1.29 is 13.2 Å². The molecule has 0 spiro atoms. The molecule has 3 aromatic rings. The van der Waals surface area contributed by atoms with E-state index in [2.05, 4.69) is 11.4 Å². The van der Waals surface area contributed by atoms with E-state index in [-0.39, 0.29) is 29.3 Å². The van der Waals surface area contributed by atoms with Gasteiger partial charge in [0.05, 0.1) is 10.4 Å². The molecule has 1 N–H and O–H groups in total. The highest BCUT2D eigenvalue weighted by Gasteiger charge is 2.25. The number of nitrogens with one attached hydrogen (secondary N) is 1. The molecule has 1 aliphatic heterocycles. The summed E-state index contributed by atoms with van der Waals surface area (Å²) in [4.78, 5) is 25.6. The Hall–Kier alpha value is -2.97. The van der Waals surface area contributed by atoms with Crippen molar-refractivity contribution in [3.63, 3.8) is 0 Å². The van der Waals surface area contributed by atoms with E-state index in [0.717, 1.165) is 53.3 Å². The molecule has 1 fully saturated rings. The van der Waals surface area contributed by atoms with Crippen LogP contribution in [0.15, 0.2) is 52.2 Å². The lowest BCUT2D eigenvalue weighted by molar-refractivity contribution is -0.116. The maximum absolute atomic E-state index is 13.0. The van der Waals surface area contributed by atoms with Crippen molar-refractivity contribution in [2.24, 2.45) is 0 Å². The van der Waals surface area contributed by atoms with Gasteiger partial charge in [0.1, 0.15) is 0 Å². The Kier molecular flexibility index (Phi) is 7.42. The van der Waals surface area contributed by atoms with E-state index in [9.17, 15) is 18.0 Å². The number of anilines is 1. The standard InChI is InChI=1S/C27H33N3O4S/c1-19-16-21(3)27-24(17-19)20(2)18-26(32)30(27)15-12-25(31)28-22-8-10-23(11-9-22)35(33,34)29-13-6-4-5-7-14-29/h8-11,16-18H,4-7,12-15H2,1-3H3,(H,28,31). The number of pyridine rings is 1. The SMILES string of the molecule is Cc1cc(C)c2c(c1)c(C)cc(=O)n2CCC(=O)Nc1ccc(S(=O)(=O)N2CCCCCC2)cc1. The molecule has 2 aromatic carbocycles. The van der Waals surface area contributed by atoms with E-state index in [0.29, 0.717) is 18.8 Å². The minimum atomic E-state index is -3.53. The zero-order valence-electron chi connectivity index (χ0n) is 20.6. The number of aryl methyl sites for hydroxylation is 4. The van der Waals surface area contributed by atoms with Gasteiger partial charge in [0.2, 0.25) is 15.9 Å². The van der Waals surface area contributed by atoms with Gasteiger partial charge in [-0.3, -0.25) is 9.59 Å². The number of carbonyl (C=O) groups is 1. The summed E-state index contributed by atoms with van der Waals surface area (Å²) in [6.45, 7) is 7.29. The third kappa shape index (κ3) is 5.49. The molecule has 2 heterocycles. The summed E-state index contributed by atoms with van der Waals surface area (Å²) >= 11 is 0. The molecule has 1 amide bonds. The van der Waals surface area contributed by atoms with E-state index in [1.54, 1.807) is 39.2 Å². The van der Waals surface area contributed by atoms with Gasteiger partial charge in [-0.1, -0.05) is 24.5 Å². The van der Waals surface area contributed by atoms with Crippen LogP contribution in [-0.4, -0.2) is 36.3 Å². The van der Waals surface area contributed by atoms with Crippen LogP contribution in [0.1, 0.15) is 48.8 Å². The number of amides is 1. The molecule has 35 heavy (non-hydrogen) atoms. The molecule has 0 unspecified atom stereocenters. The minimum absolute atomic E-state index is 0.124. The number of sulfonamides is 1. The molecule has 4 rings (SSSR count). The maximum Gasteiger partial charge on any atom is 0.251 e. The molecule has 0 bridgehead atoms. The lowest BCUT2D eigenvalue weighted by Gasteiger charge is -2.20. The quantitative estimate of drug-likeness (QED) is 0.545. The summed E-state index contributed by atoms with van der Waals surface area (Å²) in [6, 6.07) is 12.0. The third-order valence-electron chi connectivity index (χ3n) is 6.65. The number of hydrogen-bond donors (Lipinski definition) is 1. The molecule has 186 valence electrons. The van der Waals surface area contributed by atoms with Crippen LogP contribution >= 0.6 is 0 Å². The normalized spacial score (nSPS) is 15.2. The molecular formula is C27H33N3O4S. The van der Waals surface area contributed by atoms with Crippen LogP contribution in [0.4, 0.5) is 5.69 Å². The van der Waals surface area contributed by atoms with Crippen LogP contribution in [0.3, 0.4) is 0 Å². The predicted octanol–water partition coefficient (Wildman–Crippen LogP) is 4.52. The molecule has 0 radical (unpaired) electrons. The van der Waals surface area contributed by atoms with Crippen LogP contribution in [0.25, 0.3) is 10.9 Å².